The number of rotatable bonds is 4. The van der Waals surface area contributed by atoms with Crippen LogP contribution in [0.15, 0.2) is 30.5 Å². The van der Waals surface area contributed by atoms with Crippen LogP contribution < -0.4 is 15.4 Å². The fourth-order valence-electron chi connectivity index (χ4n) is 1.69. The molecule has 0 aliphatic rings. The maximum atomic E-state index is 11.9. The quantitative estimate of drug-likeness (QED) is 0.795. The third kappa shape index (κ3) is 3.50. The van der Waals surface area contributed by atoms with Gasteiger partial charge in [-0.05, 0) is 12.1 Å². The van der Waals surface area contributed by atoms with Crippen LogP contribution in [0.1, 0.15) is 10.4 Å². The molecule has 8 nitrogen and oxygen atoms in total. The van der Waals surface area contributed by atoms with Crippen molar-refractivity contribution in [2.75, 3.05) is 17.7 Å². The highest BCUT2D eigenvalue weighted by Gasteiger charge is 2.14. The number of carboxylic acids is 1. The number of aromatic nitrogens is 2. The van der Waals surface area contributed by atoms with E-state index in [0.29, 0.717) is 11.6 Å². The van der Waals surface area contributed by atoms with Crippen LogP contribution in [0.25, 0.3) is 0 Å². The molecule has 0 atom stereocenters. The number of hydrogen-bond donors (Lipinski definition) is 3. The van der Waals surface area contributed by atoms with E-state index in [0.717, 1.165) is 0 Å². The number of ether oxygens (including phenoxy) is 1. The second kappa shape index (κ2) is 5.95. The van der Waals surface area contributed by atoms with E-state index in [1.54, 1.807) is 19.3 Å². The number of urea groups is 1. The van der Waals surface area contributed by atoms with E-state index in [-0.39, 0.29) is 11.3 Å². The molecular formula is C13H14N4O4. The summed E-state index contributed by atoms with van der Waals surface area (Å²) in [7, 11) is 3.17. The van der Waals surface area contributed by atoms with E-state index < -0.39 is 12.0 Å². The van der Waals surface area contributed by atoms with Crippen LogP contribution in [0.4, 0.5) is 16.3 Å². The first-order valence-electron chi connectivity index (χ1n) is 5.98. The standard InChI is InChI=1S/C13H14N4O4/c1-17-6-5-11(16-17)15-13(20)14-10-7-8(21-2)3-4-9(10)12(18)19/h3-7H,1-2H3,(H,18,19)(H2,14,15,16,20). The summed E-state index contributed by atoms with van der Waals surface area (Å²) in [6.45, 7) is 0. The second-order valence-corrected chi connectivity index (χ2v) is 4.17. The number of anilines is 2. The lowest BCUT2D eigenvalue weighted by atomic mass is 10.1. The lowest BCUT2D eigenvalue weighted by molar-refractivity contribution is 0.0698. The number of carboxylic acid groups (broad SMARTS) is 1. The molecule has 2 aromatic rings. The molecule has 2 rings (SSSR count). The summed E-state index contributed by atoms with van der Waals surface area (Å²) >= 11 is 0. The fraction of sp³-hybridized carbons (Fsp3) is 0.154. The van der Waals surface area contributed by atoms with Gasteiger partial charge in [0.1, 0.15) is 5.75 Å². The van der Waals surface area contributed by atoms with E-state index in [1.165, 1.54) is 30.0 Å². The maximum absolute atomic E-state index is 11.9. The summed E-state index contributed by atoms with van der Waals surface area (Å²) in [6.07, 6.45) is 1.67. The Balaban J connectivity index is 2.17. The zero-order chi connectivity index (χ0) is 15.4. The van der Waals surface area contributed by atoms with E-state index in [2.05, 4.69) is 15.7 Å². The van der Waals surface area contributed by atoms with Crippen LogP contribution in [0, 0.1) is 0 Å². The Hall–Kier alpha value is -3.03. The molecule has 0 bridgehead atoms. The average Bonchev–Trinajstić information content (AvgIpc) is 2.83. The first kappa shape index (κ1) is 14.4. The molecule has 0 spiro atoms. The molecule has 0 aliphatic heterocycles. The molecule has 0 fully saturated rings. The zero-order valence-corrected chi connectivity index (χ0v) is 11.5. The number of amides is 2. The number of hydrogen-bond acceptors (Lipinski definition) is 4. The molecule has 110 valence electrons. The van der Waals surface area contributed by atoms with Crippen molar-refractivity contribution in [3.05, 3.63) is 36.0 Å². The predicted molar refractivity (Wildman–Crippen MR) is 75.8 cm³/mol. The minimum Gasteiger partial charge on any atom is -0.497 e. The number of nitrogens with one attached hydrogen (secondary N) is 2. The van der Waals surface area contributed by atoms with E-state index in [1.807, 2.05) is 0 Å². The van der Waals surface area contributed by atoms with Gasteiger partial charge in [0.05, 0.1) is 18.4 Å². The number of methoxy groups -OCH3 is 1. The van der Waals surface area contributed by atoms with Gasteiger partial charge in [-0.3, -0.25) is 10.00 Å². The topological polar surface area (TPSA) is 105 Å². The summed E-state index contributed by atoms with van der Waals surface area (Å²) in [4.78, 5) is 23.0. The van der Waals surface area contributed by atoms with Crippen LogP contribution in [-0.4, -0.2) is 34.0 Å². The summed E-state index contributed by atoms with van der Waals surface area (Å²) in [5, 5.41) is 18.1. The zero-order valence-electron chi connectivity index (χ0n) is 11.5. The highest BCUT2D eigenvalue weighted by atomic mass is 16.5. The molecule has 1 heterocycles. The van der Waals surface area contributed by atoms with Crippen LogP contribution in [0.3, 0.4) is 0 Å². The fourth-order valence-corrected chi connectivity index (χ4v) is 1.69. The number of carbonyl (C=O) groups is 2. The summed E-state index contributed by atoms with van der Waals surface area (Å²) in [5.74, 6) is -0.353. The van der Waals surface area contributed by atoms with Gasteiger partial charge in [0.2, 0.25) is 0 Å². The van der Waals surface area contributed by atoms with Crippen LogP contribution in [0.2, 0.25) is 0 Å². The highest BCUT2D eigenvalue weighted by Crippen LogP contribution is 2.22. The summed E-state index contributed by atoms with van der Waals surface area (Å²) in [6, 6.07) is 5.32. The van der Waals surface area contributed by atoms with Gasteiger partial charge in [0.25, 0.3) is 0 Å². The van der Waals surface area contributed by atoms with E-state index >= 15 is 0 Å². The molecule has 1 aromatic carbocycles. The Morgan fingerprint density at radius 3 is 2.62 bits per heavy atom. The summed E-state index contributed by atoms with van der Waals surface area (Å²) < 4.78 is 6.54. The van der Waals surface area contributed by atoms with Crippen molar-refractivity contribution in [2.45, 2.75) is 0 Å². The minimum atomic E-state index is -1.15. The molecule has 0 saturated heterocycles. The summed E-state index contributed by atoms with van der Waals surface area (Å²) in [5.41, 5.74) is 0.0993. The van der Waals surface area contributed by atoms with Gasteiger partial charge in [0, 0.05) is 25.4 Å². The van der Waals surface area contributed by atoms with Crippen molar-refractivity contribution < 1.29 is 19.4 Å². The van der Waals surface area contributed by atoms with Gasteiger partial charge in [-0.1, -0.05) is 0 Å². The number of carbonyl (C=O) groups excluding carboxylic acids is 1. The van der Waals surface area contributed by atoms with Crippen molar-refractivity contribution in [3.63, 3.8) is 0 Å². The smallest absolute Gasteiger partial charge is 0.337 e. The second-order valence-electron chi connectivity index (χ2n) is 4.17. The first-order chi connectivity index (χ1) is 9.99. The molecule has 0 saturated carbocycles. The van der Waals surface area contributed by atoms with E-state index in [4.69, 9.17) is 9.84 Å². The lowest BCUT2D eigenvalue weighted by Gasteiger charge is -2.10. The molecule has 0 radical (unpaired) electrons. The van der Waals surface area contributed by atoms with E-state index in [9.17, 15) is 9.59 Å². The Kier molecular flexibility index (Phi) is 4.07. The molecule has 2 amide bonds. The predicted octanol–water partition coefficient (Wildman–Crippen LogP) is 1.77. The van der Waals surface area contributed by atoms with Gasteiger partial charge < -0.3 is 15.2 Å². The first-order valence-corrected chi connectivity index (χ1v) is 5.98. The SMILES string of the molecule is COc1ccc(C(=O)O)c(NC(=O)Nc2ccn(C)n2)c1. The highest BCUT2D eigenvalue weighted by molar-refractivity contribution is 6.04. The van der Waals surface area contributed by atoms with Crippen LogP contribution in [-0.2, 0) is 7.05 Å². The van der Waals surface area contributed by atoms with Gasteiger partial charge in [-0.15, -0.1) is 0 Å². The third-order valence-corrected chi connectivity index (χ3v) is 2.66. The maximum Gasteiger partial charge on any atom is 0.337 e. The molecule has 0 unspecified atom stereocenters. The largest absolute Gasteiger partial charge is 0.497 e. The Morgan fingerprint density at radius 2 is 2.05 bits per heavy atom. The molecule has 8 heteroatoms. The van der Waals surface area contributed by atoms with Gasteiger partial charge in [0.15, 0.2) is 5.82 Å². The average molecular weight is 290 g/mol. The van der Waals surface area contributed by atoms with Crippen molar-refractivity contribution in [1.29, 1.82) is 0 Å². The molecule has 21 heavy (non-hydrogen) atoms. The van der Waals surface area contributed by atoms with Crippen molar-refractivity contribution in [3.8, 4) is 5.75 Å². The number of aryl methyl sites for hydroxylation is 1. The Labute approximate surface area is 120 Å². The Bertz CT molecular complexity index is 681. The molecule has 3 N–H and O–H groups in total. The monoisotopic (exact) mass is 290 g/mol. The van der Waals surface area contributed by atoms with Crippen molar-refractivity contribution in [2.24, 2.45) is 7.05 Å². The van der Waals surface area contributed by atoms with Gasteiger partial charge in [-0.2, -0.15) is 5.10 Å². The van der Waals surface area contributed by atoms with Gasteiger partial charge >= 0.3 is 12.0 Å². The molecular weight excluding hydrogens is 276 g/mol. The molecule has 0 aliphatic carbocycles. The van der Waals surface area contributed by atoms with Crippen LogP contribution >= 0.6 is 0 Å². The number of aromatic carboxylic acids is 1. The normalized spacial score (nSPS) is 10.0. The number of nitrogens with zero attached hydrogens (tertiary/aromatic N) is 2. The minimum absolute atomic E-state index is 0.0352. The molecule has 1 aromatic heterocycles. The Morgan fingerprint density at radius 1 is 1.29 bits per heavy atom. The van der Waals surface area contributed by atoms with Crippen molar-refractivity contribution >= 4 is 23.5 Å². The lowest BCUT2D eigenvalue weighted by Crippen LogP contribution is -2.21. The van der Waals surface area contributed by atoms with Crippen molar-refractivity contribution in [1.82, 2.24) is 9.78 Å². The van der Waals surface area contributed by atoms with Gasteiger partial charge in [-0.25, -0.2) is 9.59 Å². The van der Waals surface area contributed by atoms with Crippen LogP contribution in [0.5, 0.6) is 5.75 Å². The number of benzene rings is 1. The third-order valence-electron chi connectivity index (χ3n) is 2.66.